The summed E-state index contributed by atoms with van der Waals surface area (Å²) in [4.78, 5) is 31.5. The molecule has 0 unspecified atom stereocenters. The zero-order valence-corrected chi connectivity index (χ0v) is 14.5. The SMILES string of the molecule is Cc1c(C)c2ccc(NC(=O)c3ccc4ncsc4c3)cc2[nH]c1=O. The van der Waals surface area contributed by atoms with Crippen LogP contribution in [0.25, 0.3) is 21.1 Å². The summed E-state index contributed by atoms with van der Waals surface area (Å²) in [5.41, 5.74) is 6.13. The van der Waals surface area contributed by atoms with Gasteiger partial charge >= 0.3 is 0 Å². The van der Waals surface area contributed by atoms with Gasteiger partial charge in [-0.3, -0.25) is 9.59 Å². The first kappa shape index (κ1) is 15.5. The molecular weight excluding hydrogens is 334 g/mol. The number of rotatable bonds is 2. The molecule has 6 heteroatoms. The second-order valence-electron chi connectivity index (χ2n) is 5.95. The Hall–Kier alpha value is -2.99. The standard InChI is InChI=1S/C19H15N3O2S/c1-10-11(2)18(23)22-16-8-13(4-5-14(10)16)21-19(24)12-3-6-15-17(7-12)25-9-20-15/h3-9H,1-2H3,(H,21,24)(H,22,23). The highest BCUT2D eigenvalue weighted by Gasteiger charge is 2.10. The van der Waals surface area contributed by atoms with Crippen LogP contribution in [-0.2, 0) is 0 Å². The molecule has 25 heavy (non-hydrogen) atoms. The van der Waals surface area contributed by atoms with E-state index < -0.39 is 0 Å². The Balaban J connectivity index is 1.68. The van der Waals surface area contributed by atoms with Crippen LogP contribution in [0.3, 0.4) is 0 Å². The fourth-order valence-corrected chi connectivity index (χ4v) is 3.56. The van der Waals surface area contributed by atoms with Gasteiger partial charge in [0.25, 0.3) is 11.5 Å². The summed E-state index contributed by atoms with van der Waals surface area (Å²) < 4.78 is 0.974. The molecular formula is C19H15N3O2S. The Bertz CT molecular complexity index is 1190. The number of hydrogen-bond acceptors (Lipinski definition) is 4. The Morgan fingerprint density at radius 2 is 1.96 bits per heavy atom. The van der Waals surface area contributed by atoms with Gasteiger partial charge in [-0.25, -0.2) is 4.98 Å². The summed E-state index contributed by atoms with van der Waals surface area (Å²) in [5, 5.41) is 3.86. The molecule has 0 radical (unpaired) electrons. The maximum atomic E-state index is 12.5. The number of aromatic nitrogens is 2. The van der Waals surface area contributed by atoms with Crippen LogP contribution < -0.4 is 10.9 Å². The molecule has 124 valence electrons. The van der Waals surface area contributed by atoms with Gasteiger partial charge in [-0.2, -0.15) is 0 Å². The fraction of sp³-hybridized carbons (Fsp3) is 0.105. The van der Waals surface area contributed by atoms with Crippen LogP contribution in [0.5, 0.6) is 0 Å². The second kappa shape index (κ2) is 5.82. The van der Waals surface area contributed by atoms with Crippen molar-refractivity contribution < 1.29 is 4.79 Å². The number of fused-ring (bicyclic) bond motifs is 2. The van der Waals surface area contributed by atoms with Gasteiger partial charge in [0.2, 0.25) is 0 Å². The van der Waals surface area contributed by atoms with E-state index >= 15 is 0 Å². The van der Waals surface area contributed by atoms with Crippen LogP contribution >= 0.6 is 11.3 Å². The van der Waals surface area contributed by atoms with Crippen molar-refractivity contribution in [1.29, 1.82) is 0 Å². The summed E-state index contributed by atoms with van der Waals surface area (Å²) >= 11 is 1.50. The number of nitrogens with one attached hydrogen (secondary N) is 2. The van der Waals surface area contributed by atoms with Crippen molar-refractivity contribution in [3.8, 4) is 0 Å². The van der Waals surface area contributed by atoms with Gasteiger partial charge in [-0.15, -0.1) is 11.3 Å². The Morgan fingerprint density at radius 3 is 2.80 bits per heavy atom. The normalized spacial score (nSPS) is 11.1. The summed E-state index contributed by atoms with van der Waals surface area (Å²) in [5.74, 6) is -0.194. The topological polar surface area (TPSA) is 74.8 Å². The van der Waals surface area contributed by atoms with Crippen molar-refractivity contribution >= 4 is 44.1 Å². The van der Waals surface area contributed by atoms with Gasteiger partial charge in [-0.1, -0.05) is 6.07 Å². The average Bonchev–Trinajstić information content (AvgIpc) is 3.07. The summed E-state index contributed by atoms with van der Waals surface area (Å²) in [6, 6.07) is 11.0. The Labute approximate surface area is 147 Å². The molecule has 2 aromatic carbocycles. The molecule has 0 atom stereocenters. The number of nitrogens with zero attached hydrogens (tertiary/aromatic N) is 1. The lowest BCUT2D eigenvalue weighted by molar-refractivity contribution is 0.102. The first-order valence-electron chi connectivity index (χ1n) is 7.81. The molecule has 0 bridgehead atoms. The van der Waals surface area contributed by atoms with E-state index in [1.807, 2.05) is 31.2 Å². The van der Waals surface area contributed by atoms with Crippen molar-refractivity contribution in [2.75, 3.05) is 5.32 Å². The highest BCUT2D eigenvalue weighted by atomic mass is 32.1. The lowest BCUT2D eigenvalue weighted by atomic mass is 10.1. The average molecular weight is 349 g/mol. The van der Waals surface area contributed by atoms with E-state index in [2.05, 4.69) is 15.3 Å². The largest absolute Gasteiger partial charge is 0.322 e. The van der Waals surface area contributed by atoms with Crippen LogP contribution in [0.2, 0.25) is 0 Å². The van der Waals surface area contributed by atoms with E-state index in [1.54, 1.807) is 24.6 Å². The molecule has 0 aliphatic heterocycles. The highest BCUT2D eigenvalue weighted by Crippen LogP contribution is 2.23. The quantitative estimate of drug-likeness (QED) is 0.574. The molecule has 0 fully saturated rings. The number of H-pyrrole nitrogens is 1. The van der Waals surface area contributed by atoms with Gasteiger partial charge in [0.15, 0.2) is 0 Å². The van der Waals surface area contributed by atoms with Crippen LogP contribution in [-0.4, -0.2) is 15.9 Å². The van der Waals surface area contributed by atoms with Crippen LogP contribution in [0.1, 0.15) is 21.5 Å². The Morgan fingerprint density at radius 1 is 1.12 bits per heavy atom. The van der Waals surface area contributed by atoms with Crippen LogP contribution in [0, 0.1) is 13.8 Å². The number of aryl methyl sites for hydroxylation is 1. The zero-order valence-electron chi connectivity index (χ0n) is 13.7. The lowest BCUT2D eigenvalue weighted by Gasteiger charge is -2.09. The number of aromatic amines is 1. The van der Waals surface area contributed by atoms with Crippen molar-refractivity contribution in [3.63, 3.8) is 0 Å². The number of benzene rings is 2. The summed E-state index contributed by atoms with van der Waals surface area (Å²) in [6.07, 6.45) is 0. The second-order valence-corrected chi connectivity index (χ2v) is 6.84. The van der Waals surface area contributed by atoms with Gasteiger partial charge < -0.3 is 10.3 Å². The number of carbonyl (C=O) groups is 1. The number of thiazole rings is 1. The minimum atomic E-state index is -0.194. The van der Waals surface area contributed by atoms with Gasteiger partial charge in [0.1, 0.15) is 0 Å². The summed E-state index contributed by atoms with van der Waals surface area (Å²) in [6.45, 7) is 3.73. The molecule has 4 aromatic rings. The maximum absolute atomic E-state index is 12.5. The van der Waals surface area contributed by atoms with Crippen LogP contribution in [0.15, 0.2) is 46.7 Å². The molecule has 2 N–H and O–H groups in total. The van der Waals surface area contributed by atoms with Crippen molar-refractivity contribution in [2.24, 2.45) is 0 Å². The van der Waals surface area contributed by atoms with E-state index in [-0.39, 0.29) is 11.5 Å². The predicted molar refractivity (Wildman–Crippen MR) is 102 cm³/mol. The first-order valence-corrected chi connectivity index (χ1v) is 8.69. The van der Waals surface area contributed by atoms with E-state index in [4.69, 9.17) is 0 Å². The van der Waals surface area contributed by atoms with Crippen molar-refractivity contribution in [2.45, 2.75) is 13.8 Å². The van der Waals surface area contributed by atoms with E-state index in [0.29, 0.717) is 22.3 Å². The maximum Gasteiger partial charge on any atom is 0.255 e. The molecule has 4 rings (SSSR count). The molecule has 5 nitrogen and oxygen atoms in total. The van der Waals surface area contributed by atoms with E-state index in [9.17, 15) is 9.59 Å². The van der Waals surface area contributed by atoms with Gasteiger partial charge in [-0.05, 0) is 49.7 Å². The molecule has 2 aromatic heterocycles. The minimum Gasteiger partial charge on any atom is -0.322 e. The third-order valence-electron chi connectivity index (χ3n) is 4.43. The smallest absolute Gasteiger partial charge is 0.255 e. The zero-order chi connectivity index (χ0) is 17.6. The number of anilines is 1. The van der Waals surface area contributed by atoms with E-state index in [0.717, 1.165) is 21.2 Å². The minimum absolute atomic E-state index is 0.107. The van der Waals surface area contributed by atoms with Crippen molar-refractivity contribution in [3.05, 3.63) is 69.0 Å². The van der Waals surface area contributed by atoms with E-state index in [1.165, 1.54) is 11.3 Å². The molecule has 0 aliphatic rings. The molecule has 0 spiro atoms. The number of pyridine rings is 1. The van der Waals surface area contributed by atoms with Gasteiger partial charge in [0, 0.05) is 22.2 Å². The fourth-order valence-electron chi connectivity index (χ4n) is 2.84. The third-order valence-corrected chi connectivity index (χ3v) is 5.22. The molecule has 1 amide bonds. The van der Waals surface area contributed by atoms with Crippen LogP contribution in [0.4, 0.5) is 5.69 Å². The number of amides is 1. The number of carbonyl (C=O) groups excluding carboxylic acids is 1. The molecule has 2 heterocycles. The molecule has 0 saturated carbocycles. The third kappa shape index (κ3) is 2.70. The highest BCUT2D eigenvalue weighted by molar-refractivity contribution is 7.16. The predicted octanol–water partition coefficient (Wildman–Crippen LogP) is 4.01. The van der Waals surface area contributed by atoms with Crippen molar-refractivity contribution in [1.82, 2.24) is 9.97 Å². The monoisotopic (exact) mass is 349 g/mol. The Kier molecular flexibility index (Phi) is 3.62. The number of hydrogen-bond donors (Lipinski definition) is 2. The lowest BCUT2D eigenvalue weighted by Crippen LogP contribution is -2.13. The van der Waals surface area contributed by atoms with Gasteiger partial charge in [0.05, 0.1) is 21.2 Å². The summed E-state index contributed by atoms with van der Waals surface area (Å²) in [7, 11) is 0. The molecule has 0 aliphatic carbocycles. The first-order chi connectivity index (χ1) is 12.0. The molecule has 0 saturated heterocycles.